The van der Waals surface area contributed by atoms with E-state index in [2.05, 4.69) is 40.2 Å². The Hall–Kier alpha value is -6.53. The van der Waals surface area contributed by atoms with E-state index in [-0.39, 0.29) is 36.6 Å². The van der Waals surface area contributed by atoms with Crippen LogP contribution in [0, 0.1) is 0 Å². The smallest absolute Gasteiger partial charge is 0.255 e. The minimum Gasteiger partial charge on any atom is -0.508 e. The number of hydrazine groups is 2. The van der Waals surface area contributed by atoms with Gasteiger partial charge in [-0.2, -0.15) is 5.12 Å². The largest absolute Gasteiger partial charge is 0.508 e. The zero-order valence-corrected chi connectivity index (χ0v) is 31.8. The minimum absolute atomic E-state index is 0.0911. The van der Waals surface area contributed by atoms with Gasteiger partial charge in [0.15, 0.2) is 0 Å². The van der Waals surface area contributed by atoms with Crippen LogP contribution in [0.2, 0.25) is 0 Å². The van der Waals surface area contributed by atoms with Crippen LogP contribution in [0.5, 0.6) is 5.75 Å². The van der Waals surface area contributed by atoms with E-state index in [0.29, 0.717) is 31.6 Å². The second kappa shape index (κ2) is 16.3. The number of para-hydroxylation sites is 2. The fraction of sp³-hybridized carbons (Fsp3) is 0.196. The molecule has 2 atom stereocenters. The number of benzene rings is 5. The number of fused-ring (bicyclic) bond motifs is 2. The zero-order valence-electron chi connectivity index (χ0n) is 31.8. The number of aromatic hydroxyl groups is 1. The van der Waals surface area contributed by atoms with Gasteiger partial charge in [-0.05, 0) is 58.7 Å². The first kappa shape index (κ1) is 37.4. The Labute approximate surface area is 332 Å². The lowest BCUT2D eigenvalue weighted by molar-refractivity contribution is -0.217. The van der Waals surface area contributed by atoms with Crippen LogP contribution in [0.25, 0.3) is 22.0 Å². The van der Waals surface area contributed by atoms with E-state index in [1.807, 2.05) is 113 Å². The van der Waals surface area contributed by atoms with Gasteiger partial charge in [0, 0.05) is 61.5 Å². The van der Waals surface area contributed by atoms with E-state index in [4.69, 9.17) is 0 Å². The highest BCUT2D eigenvalue weighted by Crippen LogP contribution is 2.35. The highest BCUT2D eigenvalue weighted by Gasteiger charge is 2.50. The second-order valence-electron chi connectivity index (χ2n) is 14.6. The summed E-state index contributed by atoms with van der Waals surface area (Å²) < 4.78 is 2.09. The molecule has 0 radical (unpaired) electrons. The number of rotatable bonds is 12. The summed E-state index contributed by atoms with van der Waals surface area (Å²) in [5.74, 6) is -0.307. The van der Waals surface area contributed by atoms with Crippen LogP contribution in [-0.4, -0.2) is 79.2 Å². The van der Waals surface area contributed by atoms with Gasteiger partial charge >= 0.3 is 0 Å². The van der Waals surface area contributed by atoms with Gasteiger partial charge in [-0.25, -0.2) is 10.4 Å². The number of nitrogens with zero attached hydrogens (tertiary/aromatic N) is 5. The van der Waals surface area contributed by atoms with Crippen molar-refractivity contribution in [2.75, 3.05) is 25.0 Å². The summed E-state index contributed by atoms with van der Waals surface area (Å²) in [4.78, 5) is 45.4. The molecule has 3 amide bonds. The zero-order chi connectivity index (χ0) is 39.5. The molecule has 2 aliphatic heterocycles. The Morgan fingerprint density at radius 2 is 1.58 bits per heavy atom. The first-order valence-electron chi connectivity index (χ1n) is 19.1. The van der Waals surface area contributed by atoms with E-state index < -0.39 is 12.2 Å². The number of amides is 3. The molecule has 6 aromatic rings. The maximum Gasteiger partial charge on any atom is 0.255 e. The summed E-state index contributed by atoms with van der Waals surface area (Å²) in [5, 5.41) is 17.9. The van der Waals surface area contributed by atoms with Crippen LogP contribution in [-0.2, 0) is 36.1 Å². The fourth-order valence-electron chi connectivity index (χ4n) is 8.05. The van der Waals surface area contributed by atoms with Gasteiger partial charge in [-0.15, -0.1) is 6.58 Å². The Kier molecular flexibility index (Phi) is 10.7. The van der Waals surface area contributed by atoms with Crippen molar-refractivity contribution in [3.8, 4) is 16.9 Å². The van der Waals surface area contributed by atoms with Crippen LogP contribution >= 0.6 is 0 Å². The summed E-state index contributed by atoms with van der Waals surface area (Å²) in [7, 11) is 2.01. The lowest BCUT2D eigenvalue weighted by Crippen LogP contribution is -2.77. The molecule has 2 fully saturated rings. The van der Waals surface area contributed by atoms with E-state index in [1.165, 1.54) is 0 Å². The third kappa shape index (κ3) is 7.81. The molecule has 1 aromatic heterocycles. The number of carbonyl (C=O) groups is 3. The molecular weight excluding hydrogens is 715 g/mol. The number of anilines is 1. The quantitative estimate of drug-likeness (QED) is 0.125. The van der Waals surface area contributed by atoms with Gasteiger partial charge in [0.25, 0.3) is 5.91 Å². The van der Waals surface area contributed by atoms with Crippen LogP contribution in [0.3, 0.4) is 0 Å². The average Bonchev–Trinajstić information content (AvgIpc) is 3.57. The van der Waals surface area contributed by atoms with Crippen molar-refractivity contribution in [2.45, 2.75) is 31.7 Å². The van der Waals surface area contributed by atoms with Crippen molar-refractivity contribution in [3.05, 3.63) is 168 Å². The molecule has 0 bridgehead atoms. The first-order chi connectivity index (χ1) is 27.8. The maximum absolute atomic E-state index is 14.7. The van der Waals surface area contributed by atoms with E-state index in [0.717, 1.165) is 44.4 Å². The topological polar surface area (TPSA) is 113 Å². The SMILES string of the molecule is C=CCN1CC(=O)N2[C@@H](Cc3ccc(O)cc3)C(=O)N(Cc3cccc4c(-c5ccc(C(=O)Nc6ccccc6)cc5)cn(C)c34)C[C@@H]2N1NCc1ccccc1. The molecule has 2 saturated heterocycles. The predicted molar refractivity (Wildman–Crippen MR) is 221 cm³/mol. The number of phenols is 1. The van der Waals surface area contributed by atoms with Crippen molar-refractivity contribution in [1.82, 2.24) is 29.9 Å². The number of aromatic nitrogens is 1. The van der Waals surface area contributed by atoms with Gasteiger partial charge in [0.05, 0.1) is 18.6 Å². The van der Waals surface area contributed by atoms with Crippen LogP contribution < -0.4 is 10.7 Å². The van der Waals surface area contributed by atoms with E-state index >= 15 is 0 Å². The van der Waals surface area contributed by atoms with E-state index in [1.54, 1.807) is 35.2 Å². The lowest BCUT2D eigenvalue weighted by Gasteiger charge is -2.55. The lowest BCUT2D eigenvalue weighted by atomic mass is 9.98. The highest BCUT2D eigenvalue weighted by atomic mass is 16.3. The molecule has 57 heavy (non-hydrogen) atoms. The monoisotopic (exact) mass is 759 g/mol. The molecule has 288 valence electrons. The fourth-order valence-corrected chi connectivity index (χ4v) is 8.05. The second-order valence-corrected chi connectivity index (χ2v) is 14.6. The Morgan fingerprint density at radius 1 is 0.860 bits per heavy atom. The van der Waals surface area contributed by atoms with Gasteiger partial charge in [-0.3, -0.25) is 14.4 Å². The Morgan fingerprint density at radius 3 is 2.30 bits per heavy atom. The molecule has 3 heterocycles. The summed E-state index contributed by atoms with van der Waals surface area (Å²) in [6.45, 7) is 5.61. The third-order valence-electron chi connectivity index (χ3n) is 10.8. The van der Waals surface area contributed by atoms with Gasteiger partial charge in [0.1, 0.15) is 18.0 Å². The van der Waals surface area contributed by atoms with Gasteiger partial charge < -0.3 is 24.8 Å². The van der Waals surface area contributed by atoms with Crippen molar-refractivity contribution in [1.29, 1.82) is 0 Å². The standard InChI is InChI=1S/C46H45N7O4/c1-3-25-51-31-43(55)52-41(26-32-17-23-38(54)24-18-32)46(57)50(30-42(52)53(51)47-27-33-11-6-4-7-12-33)28-36-13-10-16-39-40(29-49(2)44(36)39)34-19-21-35(22-20-34)45(56)48-37-14-8-5-9-15-37/h3-24,29,41-42,47,54H,1,25-28,30-31H2,2H3,(H,48,56)/t41-,42-/m0/s1. The van der Waals surface area contributed by atoms with Crippen LogP contribution in [0.4, 0.5) is 5.69 Å². The predicted octanol–water partition coefficient (Wildman–Crippen LogP) is 6.33. The first-order valence-corrected chi connectivity index (χ1v) is 19.1. The maximum atomic E-state index is 14.7. The van der Waals surface area contributed by atoms with Crippen molar-refractivity contribution in [3.63, 3.8) is 0 Å². The van der Waals surface area contributed by atoms with Gasteiger partial charge in [-0.1, -0.05) is 97.1 Å². The number of hydrogen-bond acceptors (Lipinski definition) is 7. The molecule has 0 spiro atoms. The number of hydrogen-bond donors (Lipinski definition) is 3. The molecule has 0 aliphatic carbocycles. The normalized spacial score (nSPS) is 17.5. The number of aryl methyl sites for hydroxylation is 1. The molecule has 3 N–H and O–H groups in total. The minimum atomic E-state index is -0.770. The number of nitrogens with one attached hydrogen (secondary N) is 2. The Bertz CT molecular complexity index is 2400. The molecule has 11 heteroatoms. The number of carbonyl (C=O) groups excluding carboxylic acids is 3. The van der Waals surface area contributed by atoms with E-state index in [9.17, 15) is 19.5 Å². The van der Waals surface area contributed by atoms with Crippen LogP contribution in [0.1, 0.15) is 27.0 Å². The number of piperazine rings is 1. The summed E-state index contributed by atoms with van der Waals surface area (Å²) in [6.07, 6.45) is 3.66. The Balaban J connectivity index is 1.11. The third-order valence-corrected chi connectivity index (χ3v) is 10.8. The molecule has 5 aromatic carbocycles. The molecule has 0 unspecified atom stereocenters. The summed E-state index contributed by atoms with van der Waals surface area (Å²) in [6, 6.07) is 39.2. The van der Waals surface area contributed by atoms with Crippen molar-refractivity contribution in [2.24, 2.45) is 7.05 Å². The molecular formula is C46H45N7O4. The van der Waals surface area contributed by atoms with Crippen molar-refractivity contribution < 1.29 is 19.5 Å². The average molecular weight is 760 g/mol. The summed E-state index contributed by atoms with van der Waals surface area (Å²) >= 11 is 0. The summed E-state index contributed by atoms with van der Waals surface area (Å²) in [5.41, 5.74) is 10.8. The van der Waals surface area contributed by atoms with Crippen molar-refractivity contribution >= 4 is 34.3 Å². The number of phenolic OH excluding ortho intramolecular Hbond substituents is 1. The van der Waals surface area contributed by atoms with Gasteiger partial charge in [0.2, 0.25) is 11.8 Å². The van der Waals surface area contributed by atoms with Crippen LogP contribution in [0.15, 0.2) is 146 Å². The molecule has 8 rings (SSSR count). The molecule has 0 saturated carbocycles. The molecule has 11 nitrogen and oxygen atoms in total. The molecule has 2 aliphatic rings. The highest BCUT2D eigenvalue weighted by molar-refractivity contribution is 6.05.